The van der Waals surface area contributed by atoms with Crippen LogP contribution in [0.25, 0.3) is 21.5 Å². The number of cyclic esters (lactones) is 1. The summed E-state index contributed by atoms with van der Waals surface area (Å²) in [4.78, 5) is 39.8. The van der Waals surface area contributed by atoms with Crippen LogP contribution < -0.4 is 9.47 Å². The molecule has 0 N–H and O–H groups in total. The van der Waals surface area contributed by atoms with Gasteiger partial charge in [0, 0.05) is 11.6 Å². The van der Waals surface area contributed by atoms with E-state index in [1.54, 1.807) is 45.0 Å². The number of carbonyl (C=O) groups excluding carboxylic acids is 3. The maximum atomic E-state index is 13.4. The van der Waals surface area contributed by atoms with E-state index in [0.717, 1.165) is 21.5 Å². The van der Waals surface area contributed by atoms with Crippen molar-refractivity contribution in [3.05, 3.63) is 119 Å². The van der Waals surface area contributed by atoms with Crippen molar-refractivity contribution in [1.29, 1.82) is 0 Å². The zero-order valence-electron chi connectivity index (χ0n) is 23.6. The monoisotopic (exact) mass is 560 g/mol. The molecule has 0 fully saturated rings. The van der Waals surface area contributed by atoms with Crippen molar-refractivity contribution in [3.63, 3.8) is 0 Å². The minimum Gasteiger partial charge on any atom is -0.496 e. The van der Waals surface area contributed by atoms with Crippen molar-refractivity contribution in [2.45, 2.75) is 32.5 Å². The van der Waals surface area contributed by atoms with Crippen LogP contribution in [-0.4, -0.2) is 31.1 Å². The molecule has 5 aromatic rings. The number of methoxy groups -OCH3 is 1. The van der Waals surface area contributed by atoms with Crippen molar-refractivity contribution in [2.75, 3.05) is 7.11 Å². The average molecular weight is 561 g/mol. The molecule has 1 aliphatic rings. The number of hydrogen-bond donors (Lipinski definition) is 0. The standard InChI is InChI=1S/C35H28O7/c1-20-28(39-4)19-29(41-33(37)27-16-14-23-10-6-8-12-25(23)18-27)30-31(20)35(3,42-34(30)38)21(2)40-32(36)26-15-13-22-9-5-7-11-24(22)17-26/h5-19,21H,1-4H3/t21-,35-/m0/s1. The first kappa shape index (κ1) is 27.0. The molecule has 1 aliphatic heterocycles. The van der Waals surface area contributed by atoms with Crippen LogP contribution in [0.5, 0.6) is 11.5 Å². The third kappa shape index (κ3) is 4.53. The zero-order valence-corrected chi connectivity index (χ0v) is 23.6. The van der Waals surface area contributed by atoms with Crippen LogP contribution in [0.2, 0.25) is 0 Å². The lowest BCUT2D eigenvalue weighted by atomic mass is 9.85. The number of rotatable bonds is 6. The Bertz CT molecular complexity index is 1910. The predicted octanol–water partition coefficient (Wildman–Crippen LogP) is 7.16. The van der Waals surface area contributed by atoms with Crippen molar-refractivity contribution < 1.29 is 33.3 Å². The Balaban J connectivity index is 1.33. The van der Waals surface area contributed by atoms with E-state index in [-0.39, 0.29) is 11.3 Å². The van der Waals surface area contributed by atoms with Crippen LogP contribution in [-0.2, 0) is 15.1 Å². The SMILES string of the molecule is COc1cc(OC(=O)c2ccc3ccccc3c2)c2c(c1C)[C@](C)([C@H](C)OC(=O)c1ccc3ccccc3c1)OC2=O. The van der Waals surface area contributed by atoms with Crippen LogP contribution in [0.3, 0.4) is 0 Å². The van der Waals surface area contributed by atoms with Gasteiger partial charge in [-0.2, -0.15) is 0 Å². The molecule has 7 nitrogen and oxygen atoms in total. The van der Waals surface area contributed by atoms with E-state index in [0.29, 0.717) is 28.0 Å². The molecule has 0 spiro atoms. The van der Waals surface area contributed by atoms with Gasteiger partial charge in [0.25, 0.3) is 0 Å². The van der Waals surface area contributed by atoms with Gasteiger partial charge in [0.05, 0.1) is 18.2 Å². The lowest BCUT2D eigenvalue weighted by molar-refractivity contribution is -0.0764. The quantitative estimate of drug-likeness (QED) is 0.161. The second kappa shape index (κ2) is 10.3. The molecule has 0 bridgehead atoms. The average Bonchev–Trinajstić information content (AvgIpc) is 3.29. The molecule has 1 heterocycles. The molecule has 6 rings (SSSR count). The first-order valence-electron chi connectivity index (χ1n) is 13.6. The van der Waals surface area contributed by atoms with Gasteiger partial charge in [0.1, 0.15) is 23.2 Å². The summed E-state index contributed by atoms with van der Waals surface area (Å²) >= 11 is 0. The molecule has 210 valence electrons. The maximum Gasteiger partial charge on any atom is 0.343 e. The third-order valence-electron chi connectivity index (χ3n) is 7.96. The van der Waals surface area contributed by atoms with Crippen molar-refractivity contribution in [2.24, 2.45) is 0 Å². The molecule has 0 saturated carbocycles. The van der Waals surface area contributed by atoms with E-state index >= 15 is 0 Å². The van der Waals surface area contributed by atoms with Crippen molar-refractivity contribution in [3.8, 4) is 11.5 Å². The summed E-state index contributed by atoms with van der Waals surface area (Å²) in [5, 5.41) is 3.77. The first-order chi connectivity index (χ1) is 20.2. The summed E-state index contributed by atoms with van der Waals surface area (Å²) in [6.07, 6.45) is -0.892. The van der Waals surface area contributed by atoms with E-state index in [4.69, 9.17) is 18.9 Å². The predicted molar refractivity (Wildman–Crippen MR) is 158 cm³/mol. The number of benzene rings is 5. The molecule has 0 amide bonds. The van der Waals surface area contributed by atoms with Crippen molar-refractivity contribution >= 4 is 39.5 Å². The summed E-state index contributed by atoms with van der Waals surface area (Å²) in [5.74, 6) is -1.47. The largest absolute Gasteiger partial charge is 0.496 e. The maximum absolute atomic E-state index is 13.4. The molecule has 5 aromatic carbocycles. The summed E-state index contributed by atoms with van der Waals surface area (Å²) in [6.45, 7) is 5.13. The lowest BCUT2D eigenvalue weighted by Crippen LogP contribution is -2.38. The summed E-state index contributed by atoms with van der Waals surface area (Å²) < 4.78 is 23.1. The Kier molecular flexibility index (Phi) is 6.65. The highest BCUT2D eigenvalue weighted by Crippen LogP contribution is 2.48. The highest BCUT2D eigenvalue weighted by atomic mass is 16.6. The second-order valence-corrected chi connectivity index (χ2v) is 10.5. The molecule has 7 heteroatoms. The van der Waals surface area contributed by atoms with Gasteiger partial charge >= 0.3 is 17.9 Å². The second-order valence-electron chi connectivity index (χ2n) is 10.5. The fourth-order valence-electron chi connectivity index (χ4n) is 5.56. The van der Waals surface area contributed by atoms with Crippen LogP contribution in [0.1, 0.15) is 56.0 Å². The van der Waals surface area contributed by atoms with E-state index in [9.17, 15) is 14.4 Å². The molecule has 0 aliphatic carbocycles. The Morgan fingerprint density at radius 1 is 0.762 bits per heavy atom. The minimum absolute atomic E-state index is 0.00684. The smallest absolute Gasteiger partial charge is 0.343 e. The number of fused-ring (bicyclic) bond motifs is 3. The normalized spacial score (nSPS) is 16.5. The highest BCUT2D eigenvalue weighted by molar-refractivity contribution is 6.02. The molecule has 0 unspecified atom stereocenters. The summed E-state index contributed by atoms with van der Waals surface area (Å²) in [6, 6.07) is 27.4. The van der Waals surface area contributed by atoms with Crippen LogP contribution >= 0.6 is 0 Å². The summed E-state index contributed by atoms with van der Waals surface area (Å²) in [5.41, 5.74) is 0.474. The Hall–Kier alpha value is -5.17. The van der Waals surface area contributed by atoms with Gasteiger partial charge in [0.2, 0.25) is 0 Å². The molecular formula is C35H28O7. The van der Waals surface area contributed by atoms with Gasteiger partial charge in [-0.15, -0.1) is 0 Å². The Labute approximate surface area is 242 Å². The summed E-state index contributed by atoms with van der Waals surface area (Å²) in [7, 11) is 1.49. The Morgan fingerprint density at radius 2 is 1.31 bits per heavy atom. The van der Waals surface area contributed by atoms with Crippen LogP contribution in [0.4, 0.5) is 0 Å². The molecule has 42 heavy (non-hydrogen) atoms. The zero-order chi connectivity index (χ0) is 29.6. The van der Waals surface area contributed by atoms with E-state index in [1.807, 2.05) is 60.7 Å². The van der Waals surface area contributed by atoms with Gasteiger partial charge in [-0.1, -0.05) is 60.7 Å². The van der Waals surface area contributed by atoms with E-state index in [1.165, 1.54) is 13.2 Å². The molecule has 2 atom stereocenters. The number of carbonyl (C=O) groups is 3. The minimum atomic E-state index is -1.37. The van der Waals surface area contributed by atoms with E-state index in [2.05, 4.69) is 0 Å². The first-order valence-corrected chi connectivity index (χ1v) is 13.6. The van der Waals surface area contributed by atoms with Gasteiger partial charge in [-0.05, 0) is 72.1 Å². The van der Waals surface area contributed by atoms with Gasteiger partial charge in [-0.3, -0.25) is 0 Å². The third-order valence-corrected chi connectivity index (χ3v) is 7.96. The van der Waals surface area contributed by atoms with Gasteiger partial charge in [-0.25, -0.2) is 14.4 Å². The molecule has 0 aromatic heterocycles. The molecular weight excluding hydrogens is 532 g/mol. The van der Waals surface area contributed by atoms with Gasteiger partial charge in [0.15, 0.2) is 5.60 Å². The van der Waals surface area contributed by atoms with Gasteiger partial charge < -0.3 is 18.9 Å². The lowest BCUT2D eigenvalue weighted by Gasteiger charge is -2.31. The topological polar surface area (TPSA) is 88.1 Å². The number of hydrogen-bond acceptors (Lipinski definition) is 7. The molecule has 0 radical (unpaired) electrons. The number of ether oxygens (including phenoxy) is 4. The highest BCUT2D eigenvalue weighted by Gasteiger charge is 2.51. The fourth-order valence-corrected chi connectivity index (χ4v) is 5.56. The van der Waals surface area contributed by atoms with Crippen LogP contribution in [0.15, 0.2) is 91.0 Å². The number of esters is 3. The Morgan fingerprint density at radius 3 is 1.88 bits per heavy atom. The fraction of sp³-hybridized carbons (Fsp3) is 0.171. The van der Waals surface area contributed by atoms with E-state index < -0.39 is 29.6 Å². The van der Waals surface area contributed by atoms with Crippen molar-refractivity contribution in [1.82, 2.24) is 0 Å². The molecule has 0 saturated heterocycles. The van der Waals surface area contributed by atoms with Crippen LogP contribution in [0, 0.1) is 6.92 Å².